The van der Waals surface area contributed by atoms with Crippen molar-refractivity contribution in [3.05, 3.63) is 42.0 Å². The van der Waals surface area contributed by atoms with E-state index in [-0.39, 0.29) is 17.2 Å². The molecule has 0 aliphatic carbocycles. The summed E-state index contributed by atoms with van der Waals surface area (Å²) in [5, 5.41) is 0. The lowest BCUT2D eigenvalue weighted by Crippen LogP contribution is -2.45. The van der Waals surface area contributed by atoms with Gasteiger partial charge < -0.3 is 9.80 Å². The van der Waals surface area contributed by atoms with Crippen LogP contribution in [0.4, 0.5) is 0 Å². The van der Waals surface area contributed by atoms with Gasteiger partial charge in [-0.15, -0.1) is 0 Å². The molecule has 2 saturated heterocycles. The Hall–Kier alpha value is -2.14. The van der Waals surface area contributed by atoms with Gasteiger partial charge in [0.2, 0.25) is 11.8 Å². The molecule has 1 spiro atoms. The van der Waals surface area contributed by atoms with Gasteiger partial charge in [-0.3, -0.25) is 14.5 Å². The Morgan fingerprint density at radius 1 is 1.22 bits per heavy atom. The fourth-order valence-electron chi connectivity index (χ4n) is 4.04. The summed E-state index contributed by atoms with van der Waals surface area (Å²) in [6.07, 6.45) is 6.82. The SMILES string of the molecule is CCN(C)C(=O)CN1CCC2(CC1)CC(=O)N(CC=Cc1ccccc1)C2. The number of rotatable bonds is 6. The van der Waals surface area contributed by atoms with Gasteiger partial charge in [0.15, 0.2) is 0 Å². The van der Waals surface area contributed by atoms with Crippen molar-refractivity contribution in [1.82, 2.24) is 14.7 Å². The van der Waals surface area contributed by atoms with Gasteiger partial charge in [-0.1, -0.05) is 42.5 Å². The Morgan fingerprint density at radius 2 is 1.93 bits per heavy atom. The van der Waals surface area contributed by atoms with Gasteiger partial charge in [-0.2, -0.15) is 0 Å². The van der Waals surface area contributed by atoms with E-state index in [0.29, 0.717) is 19.5 Å². The highest BCUT2D eigenvalue weighted by Crippen LogP contribution is 2.40. The number of benzene rings is 1. The second-order valence-corrected chi connectivity index (χ2v) is 7.95. The molecule has 0 atom stereocenters. The first-order valence-electron chi connectivity index (χ1n) is 9.97. The highest BCUT2D eigenvalue weighted by atomic mass is 16.2. The average molecular weight is 370 g/mol. The second kappa shape index (κ2) is 8.70. The molecule has 0 aromatic heterocycles. The van der Waals surface area contributed by atoms with Crippen molar-refractivity contribution in [2.45, 2.75) is 26.2 Å². The van der Waals surface area contributed by atoms with Gasteiger partial charge in [0.05, 0.1) is 6.54 Å². The molecule has 146 valence electrons. The lowest BCUT2D eigenvalue weighted by atomic mass is 9.77. The van der Waals surface area contributed by atoms with E-state index in [1.807, 2.05) is 37.1 Å². The van der Waals surface area contributed by atoms with Gasteiger partial charge in [-0.25, -0.2) is 0 Å². The van der Waals surface area contributed by atoms with E-state index in [1.165, 1.54) is 0 Å². The van der Waals surface area contributed by atoms with Crippen LogP contribution in [-0.4, -0.2) is 72.8 Å². The molecule has 1 aromatic rings. The van der Waals surface area contributed by atoms with Crippen molar-refractivity contribution in [2.75, 3.05) is 46.3 Å². The number of likely N-dealkylation sites (tertiary alicyclic amines) is 2. The number of amides is 2. The third-order valence-corrected chi connectivity index (χ3v) is 6.02. The monoisotopic (exact) mass is 369 g/mol. The second-order valence-electron chi connectivity index (χ2n) is 7.95. The predicted molar refractivity (Wildman–Crippen MR) is 108 cm³/mol. The fourth-order valence-corrected chi connectivity index (χ4v) is 4.04. The van der Waals surface area contributed by atoms with Crippen molar-refractivity contribution in [3.63, 3.8) is 0 Å². The Morgan fingerprint density at radius 3 is 2.59 bits per heavy atom. The zero-order valence-electron chi connectivity index (χ0n) is 16.6. The van der Waals surface area contributed by atoms with Crippen LogP contribution in [0.2, 0.25) is 0 Å². The summed E-state index contributed by atoms with van der Waals surface area (Å²) in [5.74, 6) is 0.451. The Bertz CT molecular complexity index is 678. The van der Waals surface area contributed by atoms with E-state index in [4.69, 9.17) is 0 Å². The van der Waals surface area contributed by atoms with Crippen molar-refractivity contribution in [3.8, 4) is 0 Å². The zero-order chi connectivity index (χ0) is 19.3. The molecule has 3 rings (SSSR count). The van der Waals surface area contributed by atoms with Gasteiger partial charge in [0, 0.05) is 33.1 Å². The highest BCUT2D eigenvalue weighted by molar-refractivity contribution is 5.80. The average Bonchev–Trinajstić information content (AvgIpc) is 2.99. The van der Waals surface area contributed by atoms with Crippen LogP contribution in [0.3, 0.4) is 0 Å². The quantitative estimate of drug-likeness (QED) is 0.774. The van der Waals surface area contributed by atoms with Crippen LogP contribution in [-0.2, 0) is 9.59 Å². The van der Waals surface area contributed by atoms with Crippen LogP contribution in [0.5, 0.6) is 0 Å². The molecule has 2 aliphatic heterocycles. The summed E-state index contributed by atoms with van der Waals surface area (Å²) in [5.41, 5.74) is 1.27. The van der Waals surface area contributed by atoms with Crippen LogP contribution in [0, 0.1) is 5.41 Å². The molecule has 0 saturated carbocycles. The standard InChI is InChI=1S/C22H31N3O2/c1-3-23(2)21(27)17-24-14-11-22(12-15-24)16-20(26)25(18-22)13-7-10-19-8-5-4-6-9-19/h4-10H,3,11-18H2,1-2H3. The maximum absolute atomic E-state index is 12.5. The lowest BCUT2D eigenvalue weighted by molar-refractivity contribution is -0.131. The van der Waals surface area contributed by atoms with Crippen molar-refractivity contribution >= 4 is 17.9 Å². The van der Waals surface area contributed by atoms with Crippen molar-refractivity contribution in [2.24, 2.45) is 5.41 Å². The highest BCUT2D eigenvalue weighted by Gasteiger charge is 2.44. The van der Waals surface area contributed by atoms with E-state index < -0.39 is 0 Å². The first kappa shape index (κ1) is 19.6. The maximum Gasteiger partial charge on any atom is 0.236 e. The van der Waals surface area contributed by atoms with E-state index >= 15 is 0 Å². The minimum Gasteiger partial charge on any atom is -0.345 e. The van der Waals surface area contributed by atoms with E-state index in [1.54, 1.807) is 4.90 Å². The molecule has 5 nitrogen and oxygen atoms in total. The zero-order valence-corrected chi connectivity index (χ0v) is 16.6. The largest absolute Gasteiger partial charge is 0.345 e. The number of piperidine rings is 1. The predicted octanol–water partition coefficient (Wildman–Crippen LogP) is 2.49. The lowest BCUT2D eigenvalue weighted by Gasteiger charge is -2.38. The van der Waals surface area contributed by atoms with Crippen LogP contribution >= 0.6 is 0 Å². The normalized spacial score (nSPS) is 19.9. The smallest absolute Gasteiger partial charge is 0.236 e. The number of likely N-dealkylation sites (N-methyl/N-ethyl adjacent to an activating group) is 1. The van der Waals surface area contributed by atoms with Crippen molar-refractivity contribution in [1.29, 1.82) is 0 Å². The third-order valence-electron chi connectivity index (χ3n) is 6.02. The first-order chi connectivity index (χ1) is 13.0. The number of hydrogen-bond acceptors (Lipinski definition) is 3. The molecule has 2 heterocycles. The molecule has 27 heavy (non-hydrogen) atoms. The summed E-state index contributed by atoms with van der Waals surface area (Å²) >= 11 is 0. The first-order valence-corrected chi connectivity index (χ1v) is 9.97. The van der Waals surface area contributed by atoms with Gasteiger partial charge >= 0.3 is 0 Å². The fraction of sp³-hybridized carbons (Fsp3) is 0.545. The molecule has 5 heteroatoms. The minimum atomic E-state index is 0.105. The maximum atomic E-state index is 12.5. The molecule has 0 bridgehead atoms. The molecule has 1 aromatic carbocycles. The Balaban J connectivity index is 1.49. The Kier molecular flexibility index (Phi) is 6.32. The van der Waals surface area contributed by atoms with Crippen LogP contribution < -0.4 is 0 Å². The van der Waals surface area contributed by atoms with Crippen LogP contribution in [0.15, 0.2) is 36.4 Å². The molecule has 2 aliphatic rings. The van der Waals surface area contributed by atoms with Gasteiger partial charge in [0.25, 0.3) is 0 Å². The molecule has 2 amide bonds. The van der Waals surface area contributed by atoms with E-state index in [2.05, 4.69) is 29.2 Å². The Labute approximate surface area is 162 Å². The molecule has 0 radical (unpaired) electrons. The van der Waals surface area contributed by atoms with Crippen LogP contribution in [0.1, 0.15) is 31.7 Å². The van der Waals surface area contributed by atoms with Gasteiger partial charge in [-0.05, 0) is 43.8 Å². The van der Waals surface area contributed by atoms with Gasteiger partial charge in [0.1, 0.15) is 0 Å². The minimum absolute atomic E-state index is 0.105. The molecule has 2 fully saturated rings. The number of carbonyl (C=O) groups is 2. The molecule has 0 unspecified atom stereocenters. The third kappa shape index (κ3) is 4.98. The summed E-state index contributed by atoms with van der Waals surface area (Å²) in [7, 11) is 1.85. The summed E-state index contributed by atoms with van der Waals surface area (Å²) in [4.78, 5) is 30.6. The topological polar surface area (TPSA) is 43.9 Å². The van der Waals surface area contributed by atoms with Crippen molar-refractivity contribution < 1.29 is 9.59 Å². The number of nitrogens with zero attached hydrogens (tertiary/aromatic N) is 3. The summed E-state index contributed by atoms with van der Waals surface area (Å²) in [6.45, 7) is 6.58. The molecule has 0 N–H and O–H groups in total. The molecular formula is C22H31N3O2. The number of carbonyl (C=O) groups excluding carboxylic acids is 2. The molecular weight excluding hydrogens is 338 g/mol. The summed E-state index contributed by atoms with van der Waals surface area (Å²) in [6, 6.07) is 10.2. The summed E-state index contributed by atoms with van der Waals surface area (Å²) < 4.78 is 0. The van der Waals surface area contributed by atoms with Crippen LogP contribution in [0.25, 0.3) is 6.08 Å². The van der Waals surface area contributed by atoms with E-state index in [9.17, 15) is 9.59 Å². The van der Waals surface area contributed by atoms with E-state index in [0.717, 1.165) is 44.6 Å². The number of hydrogen-bond donors (Lipinski definition) is 0.